The Balaban J connectivity index is 1.52. The zero-order chi connectivity index (χ0) is 26.4. The second-order valence-corrected chi connectivity index (χ2v) is 9.19. The van der Waals surface area contributed by atoms with Crippen LogP contribution in [0.3, 0.4) is 0 Å². The van der Waals surface area contributed by atoms with Gasteiger partial charge in [0.1, 0.15) is 17.7 Å². The molecule has 4 rings (SSSR count). The molecule has 1 saturated heterocycles. The van der Waals surface area contributed by atoms with Gasteiger partial charge in [0, 0.05) is 36.1 Å². The molecule has 0 saturated carbocycles. The molecule has 192 valence electrons. The van der Waals surface area contributed by atoms with Crippen molar-refractivity contribution in [2.75, 3.05) is 19.0 Å². The van der Waals surface area contributed by atoms with Crippen LogP contribution in [0.4, 0.5) is 5.69 Å². The zero-order valence-electron chi connectivity index (χ0n) is 20.8. The lowest BCUT2D eigenvalue weighted by Crippen LogP contribution is -2.54. The maximum Gasteiger partial charge on any atom is 0.310 e. The highest BCUT2D eigenvalue weighted by atomic mass is 35.5. The van der Waals surface area contributed by atoms with Gasteiger partial charge in [-0.05, 0) is 48.0 Å². The van der Waals surface area contributed by atoms with Gasteiger partial charge in [-0.1, -0.05) is 43.3 Å². The van der Waals surface area contributed by atoms with Crippen molar-refractivity contribution in [3.63, 3.8) is 0 Å². The summed E-state index contributed by atoms with van der Waals surface area (Å²) in [5.41, 5.74) is 1.82. The number of benzene rings is 2. The molecule has 8 nitrogen and oxygen atoms in total. The van der Waals surface area contributed by atoms with Crippen LogP contribution < -0.4 is 10.1 Å². The molecule has 9 heteroatoms. The molecule has 1 aromatic heterocycles. The molecule has 0 spiro atoms. The molecule has 1 fully saturated rings. The highest BCUT2D eigenvalue weighted by molar-refractivity contribution is 6.30. The lowest BCUT2D eigenvalue weighted by atomic mass is 10.1. The van der Waals surface area contributed by atoms with E-state index in [0.717, 1.165) is 11.3 Å². The first-order valence-electron chi connectivity index (χ1n) is 11.9. The molecule has 1 N–H and O–H groups in total. The molecular weight excluding hydrogens is 492 g/mol. The van der Waals surface area contributed by atoms with E-state index in [9.17, 15) is 9.59 Å². The molecule has 37 heavy (non-hydrogen) atoms. The van der Waals surface area contributed by atoms with Crippen molar-refractivity contribution in [1.29, 1.82) is 0 Å². The fourth-order valence-corrected chi connectivity index (χ4v) is 4.20. The van der Waals surface area contributed by atoms with Gasteiger partial charge in [0.2, 0.25) is 11.8 Å². The first kappa shape index (κ1) is 26.0. The summed E-state index contributed by atoms with van der Waals surface area (Å²) in [5, 5.41) is 4.10. The first-order chi connectivity index (χ1) is 17.8. The van der Waals surface area contributed by atoms with Gasteiger partial charge in [0.15, 0.2) is 0 Å². The summed E-state index contributed by atoms with van der Waals surface area (Å²) >= 11 is 6.07. The van der Waals surface area contributed by atoms with Gasteiger partial charge in [0.25, 0.3) is 0 Å². The lowest BCUT2D eigenvalue weighted by Gasteiger charge is -2.45. The van der Waals surface area contributed by atoms with Crippen LogP contribution in [0.5, 0.6) is 11.6 Å². The van der Waals surface area contributed by atoms with Crippen molar-refractivity contribution in [2.45, 2.75) is 26.1 Å². The molecule has 2 aromatic carbocycles. The zero-order valence-corrected chi connectivity index (χ0v) is 21.5. The number of anilines is 1. The molecule has 0 aliphatic carbocycles. The number of carbonyl (C=O) groups is 2. The quantitative estimate of drug-likeness (QED) is 0.384. The van der Waals surface area contributed by atoms with Crippen molar-refractivity contribution in [3.05, 3.63) is 95.9 Å². The number of amides is 1. The topological polar surface area (TPSA) is 84.0 Å². The average Bonchev–Trinajstić information content (AvgIpc) is 2.91. The van der Waals surface area contributed by atoms with Crippen LogP contribution >= 0.6 is 11.6 Å². The van der Waals surface area contributed by atoms with Crippen molar-refractivity contribution < 1.29 is 19.1 Å². The normalized spacial score (nSPS) is 16.4. The third-order valence-corrected chi connectivity index (χ3v) is 6.31. The minimum Gasteiger partial charge on any atom is -0.469 e. The Morgan fingerprint density at radius 2 is 1.89 bits per heavy atom. The van der Waals surface area contributed by atoms with Gasteiger partial charge < -0.3 is 19.7 Å². The Labute approximate surface area is 221 Å². The van der Waals surface area contributed by atoms with Gasteiger partial charge in [-0.2, -0.15) is 0 Å². The van der Waals surface area contributed by atoms with E-state index in [4.69, 9.17) is 21.1 Å². The van der Waals surface area contributed by atoms with Crippen LogP contribution in [0.15, 0.2) is 85.3 Å². The van der Waals surface area contributed by atoms with Crippen molar-refractivity contribution in [3.8, 4) is 11.6 Å². The van der Waals surface area contributed by atoms with E-state index in [1.165, 1.54) is 7.11 Å². The number of methoxy groups -OCH3 is 1. The number of aromatic nitrogens is 1. The Kier molecular flexibility index (Phi) is 8.30. The van der Waals surface area contributed by atoms with E-state index in [1.54, 1.807) is 24.1 Å². The Hall–Kier alpha value is -4.04. The summed E-state index contributed by atoms with van der Waals surface area (Å²) in [6.45, 7) is 6.63. The predicted molar refractivity (Wildman–Crippen MR) is 142 cm³/mol. The molecule has 0 radical (unpaired) electrons. The third kappa shape index (κ3) is 6.59. The van der Waals surface area contributed by atoms with Gasteiger partial charge in [0.05, 0.1) is 19.4 Å². The number of carbonyl (C=O) groups excluding carboxylic acids is 2. The van der Waals surface area contributed by atoms with Crippen LogP contribution in [-0.2, 0) is 20.9 Å². The minimum absolute atomic E-state index is 0.124. The second kappa shape index (κ2) is 11.8. The number of nitrogens with zero attached hydrogens (tertiary/aromatic N) is 3. The highest BCUT2D eigenvalue weighted by Crippen LogP contribution is 2.29. The molecule has 1 aliphatic heterocycles. The number of ether oxygens (including phenoxy) is 2. The smallest absolute Gasteiger partial charge is 0.310 e. The van der Waals surface area contributed by atoms with Crippen molar-refractivity contribution >= 4 is 29.2 Å². The van der Waals surface area contributed by atoms with E-state index in [-0.39, 0.29) is 31.0 Å². The summed E-state index contributed by atoms with van der Waals surface area (Å²) in [6, 6.07) is 20.4. The van der Waals surface area contributed by atoms with Crippen LogP contribution in [0.1, 0.15) is 18.9 Å². The van der Waals surface area contributed by atoms with E-state index < -0.39 is 5.92 Å². The SMILES string of the molecule is C=C1N(C[C@H](C)C(=O)OC)C(=O)CC(Nc2ccc(Oc3ccccn3)cc2)N1Cc1ccc(Cl)cc1. The molecule has 1 amide bonds. The fourth-order valence-electron chi connectivity index (χ4n) is 4.08. The molecule has 2 heterocycles. The van der Waals surface area contributed by atoms with Crippen LogP contribution in [-0.4, -0.2) is 46.5 Å². The summed E-state index contributed by atoms with van der Waals surface area (Å²) in [5.74, 6) is 0.676. The molecule has 0 bridgehead atoms. The summed E-state index contributed by atoms with van der Waals surface area (Å²) < 4.78 is 10.6. The largest absolute Gasteiger partial charge is 0.469 e. The Bertz CT molecular complexity index is 1240. The number of nitrogens with one attached hydrogen (secondary N) is 1. The summed E-state index contributed by atoms with van der Waals surface area (Å²) in [7, 11) is 1.34. The highest BCUT2D eigenvalue weighted by Gasteiger charge is 2.36. The first-order valence-corrected chi connectivity index (χ1v) is 12.3. The Morgan fingerprint density at radius 3 is 2.54 bits per heavy atom. The molecule has 3 aromatic rings. The maximum absolute atomic E-state index is 13.2. The molecule has 1 aliphatic rings. The van der Waals surface area contributed by atoms with Crippen LogP contribution in [0, 0.1) is 5.92 Å². The van der Waals surface area contributed by atoms with Gasteiger partial charge in [-0.15, -0.1) is 0 Å². The third-order valence-electron chi connectivity index (χ3n) is 6.06. The molecule has 2 atom stereocenters. The predicted octanol–water partition coefficient (Wildman–Crippen LogP) is 5.28. The second-order valence-electron chi connectivity index (χ2n) is 8.76. The van der Waals surface area contributed by atoms with E-state index >= 15 is 0 Å². The fraction of sp³-hybridized carbons (Fsp3) is 0.250. The maximum atomic E-state index is 13.2. The van der Waals surface area contributed by atoms with Gasteiger partial charge >= 0.3 is 5.97 Å². The lowest BCUT2D eigenvalue weighted by molar-refractivity contribution is -0.147. The van der Waals surface area contributed by atoms with Gasteiger partial charge in [-0.3, -0.25) is 14.5 Å². The number of hydrogen-bond donors (Lipinski definition) is 1. The number of hydrogen-bond acceptors (Lipinski definition) is 7. The molecule has 1 unspecified atom stereocenters. The van der Waals surface area contributed by atoms with Gasteiger partial charge in [-0.25, -0.2) is 4.98 Å². The summed E-state index contributed by atoms with van der Waals surface area (Å²) in [6.07, 6.45) is 1.50. The Morgan fingerprint density at radius 1 is 1.16 bits per heavy atom. The number of rotatable bonds is 9. The van der Waals surface area contributed by atoms with Crippen molar-refractivity contribution in [1.82, 2.24) is 14.8 Å². The summed E-state index contributed by atoms with van der Waals surface area (Å²) in [4.78, 5) is 32.9. The van der Waals surface area contributed by atoms with E-state index in [1.807, 2.05) is 65.6 Å². The van der Waals surface area contributed by atoms with Crippen molar-refractivity contribution in [2.24, 2.45) is 5.92 Å². The average molecular weight is 521 g/mol. The number of pyridine rings is 1. The number of esters is 1. The monoisotopic (exact) mass is 520 g/mol. The number of halogens is 1. The minimum atomic E-state index is -0.487. The van der Waals surface area contributed by atoms with E-state index in [2.05, 4.69) is 16.9 Å². The van der Waals surface area contributed by atoms with E-state index in [0.29, 0.717) is 29.0 Å². The van der Waals surface area contributed by atoms with Crippen LogP contribution in [0.25, 0.3) is 0 Å². The molecular formula is C28H29ClN4O4. The van der Waals surface area contributed by atoms with Crippen LogP contribution in [0.2, 0.25) is 5.02 Å². The standard InChI is InChI=1S/C28H29ClN4O4/c1-19(28(35)36-3)17-33-20(2)32(18-21-7-9-22(29)10-8-21)25(16-27(33)34)31-23-11-13-24(14-12-23)37-26-6-4-5-15-30-26/h4-15,19,25,31H,2,16-18H2,1,3H3/t19-,25?/m0/s1.